The Morgan fingerprint density at radius 3 is 2.58 bits per heavy atom. The van der Waals surface area contributed by atoms with Gasteiger partial charge in [0.25, 0.3) is 5.91 Å². The first kappa shape index (κ1) is 16.1. The summed E-state index contributed by atoms with van der Waals surface area (Å²) in [6, 6.07) is 4.83. The molecule has 1 heterocycles. The van der Waals surface area contributed by atoms with Gasteiger partial charge in [-0.1, -0.05) is 29.3 Å². The molecule has 0 aromatic heterocycles. The fourth-order valence-electron chi connectivity index (χ4n) is 1.99. The molecule has 0 saturated carbocycles. The lowest BCUT2D eigenvalue weighted by molar-refractivity contribution is -0.141. The van der Waals surface area contributed by atoms with E-state index in [1.807, 2.05) is 0 Å². The number of carbonyl (C=O) groups is 2. The maximum absolute atomic E-state index is 12.2. The van der Waals surface area contributed by atoms with Gasteiger partial charge in [-0.25, -0.2) is 0 Å². The molecule has 2 rings (SSSR count). The highest BCUT2D eigenvalue weighted by atomic mass is 35.5. The molecule has 1 aliphatic rings. The number of rotatable bonds is 2. The molecular formula is C12H12Cl3NO3. The van der Waals surface area contributed by atoms with Crippen molar-refractivity contribution in [2.45, 2.75) is 6.42 Å². The van der Waals surface area contributed by atoms with E-state index >= 15 is 0 Å². The highest BCUT2D eigenvalue weighted by Crippen LogP contribution is 2.28. The maximum Gasteiger partial charge on any atom is 0.308 e. The van der Waals surface area contributed by atoms with E-state index < -0.39 is 11.9 Å². The van der Waals surface area contributed by atoms with Crippen molar-refractivity contribution in [2.24, 2.45) is 5.92 Å². The number of halogens is 3. The van der Waals surface area contributed by atoms with Crippen molar-refractivity contribution in [3.63, 3.8) is 0 Å². The molecule has 19 heavy (non-hydrogen) atoms. The Labute approximate surface area is 126 Å². The molecule has 1 aromatic carbocycles. The number of aliphatic carboxylic acids is 1. The fraction of sp³-hybridized carbons (Fsp3) is 0.333. The van der Waals surface area contributed by atoms with Crippen LogP contribution in [0.2, 0.25) is 10.0 Å². The highest BCUT2D eigenvalue weighted by molar-refractivity contribution is 6.43. The van der Waals surface area contributed by atoms with Crippen molar-refractivity contribution >= 4 is 47.5 Å². The summed E-state index contributed by atoms with van der Waals surface area (Å²) in [4.78, 5) is 24.5. The molecule has 7 heteroatoms. The Hall–Kier alpha value is -0.970. The summed E-state index contributed by atoms with van der Waals surface area (Å²) in [5.74, 6) is -1.64. The first-order valence-electron chi connectivity index (χ1n) is 5.47. The summed E-state index contributed by atoms with van der Waals surface area (Å²) >= 11 is 11.8. The van der Waals surface area contributed by atoms with Gasteiger partial charge < -0.3 is 10.0 Å². The van der Waals surface area contributed by atoms with E-state index in [4.69, 9.17) is 28.3 Å². The number of carbonyl (C=O) groups excluding carboxylic acids is 1. The molecule has 1 amide bonds. The van der Waals surface area contributed by atoms with Crippen molar-refractivity contribution < 1.29 is 14.7 Å². The first-order chi connectivity index (χ1) is 8.50. The van der Waals surface area contributed by atoms with Gasteiger partial charge in [-0.2, -0.15) is 0 Å². The second-order valence-corrected chi connectivity index (χ2v) is 4.96. The molecule has 1 unspecified atom stereocenters. The lowest BCUT2D eigenvalue weighted by Crippen LogP contribution is -2.30. The van der Waals surface area contributed by atoms with Gasteiger partial charge in [-0.3, -0.25) is 9.59 Å². The van der Waals surface area contributed by atoms with Crippen LogP contribution in [0.3, 0.4) is 0 Å². The lowest BCUT2D eigenvalue weighted by Gasteiger charge is -2.16. The quantitative estimate of drug-likeness (QED) is 0.910. The molecule has 104 valence electrons. The molecule has 0 spiro atoms. The van der Waals surface area contributed by atoms with Crippen molar-refractivity contribution in [3.05, 3.63) is 33.8 Å². The topological polar surface area (TPSA) is 57.6 Å². The van der Waals surface area contributed by atoms with E-state index in [0.717, 1.165) is 0 Å². The largest absolute Gasteiger partial charge is 0.481 e. The van der Waals surface area contributed by atoms with Crippen LogP contribution in [0.15, 0.2) is 18.2 Å². The second-order valence-electron chi connectivity index (χ2n) is 4.18. The Morgan fingerprint density at radius 2 is 2.00 bits per heavy atom. The molecule has 4 nitrogen and oxygen atoms in total. The molecule has 0 aliphatic carbocycles. The molecule has 0 bridgehead atoms. The minimum absolute atomic E-state index is 0. The van der Waals surface area contributed by atoms with Gasteiger partial charge >= 0.3 is 5.97 Å². The number of carboxylic acid groups (broad SMARTS) is 1. The Morgan fingerprint density at radius 1 is 1.32 bits per heavy atom. The fourth-order valence-corrected chi connectivity index (χ4v) is 2.37. The van der Waals surface area contributed by atoms with Gasteiger partial charge in [0, 0.05) is 13.1 Å². The molecule has 1 fully saturated rings. The standard InChI is InChI=1S/C12H11Cl2NO3.ClH/c13-9-3-1-2-8(10(9)14)11(16)15-5-4-7(6-15)12(17)18;/h1-3,7H,4-6H2,(H,17,18);1H. The van der Waals surface area contributed by atoms with Gasteiger partial charge in [0.1, 0.15) is 0 Å². The average Bonchev–Trinajstić information content (AvgIpc) is 2.81. The zero-order chi connectivity index (χ0) is 13.3. The van der Waals surface area contributed by atoms with Gasteiger partial charge in [0.15, 0.2) is 0 Å². The molecule has 1 N–H and O–H groups in total. The SMILES string of the molecule is Cl.O=C(O)C1CCN(C(=O)c2cccc(Cl)c2Cl)C1. The van der Waals surface area contributed by atoms with Crippen LogP contribution >= 0.6 is 35.6 Å². The number of nitrogens with zero attached hydrogens (tertiary/aromatic N) is 1. The van der Waals surface area contributed by atoms with Crippen LogP contribution in [0.1, 0.15) is 16.8 Å². The van der Waals surface area contributed by atoms with Crippen LogP contribution in [0, 0.1) is 5.92 Å². The van der Waals surface area contributed by atoms with Crippen LogP contribution in [-0.4, -0.2) is 35.0 Å². The van der Waals surface area contributed by atoms with Crippen molar-refractivity contribution in [1.82, 2.24) is 4.90 Å². The Kier molecular flexibility index (Phi) is 5.47. The summed E-state index contributed by atoms with van der Waals surface area (Å²) in [7, 11) is 0. The summed E-state index contributed by atoms with van der Waals surface area (Å²) in [5, 5.41) is 9.42. The third-order valence-corrected chi connectivity index (χ3v) is 3.83. The minimum atomic E-state index is -0.873. The van der Waals surface area contributed by atoms with Gasteiger partial charge in [-0.05, 0) is 18.6 Å². The number of hydrogen-bond acceptors (Lipinski definition) is 2. The predicted molar refractivity (Wildman–Crippen MR) is 75.4 cm³/mol. The second kappa shape index (κ2) is 6.46. The van der Waals surface area contributed by atoms with E-state index in [0.29, 0.717) is 23.6 Å². The van der Waals surface area contributed by atoms with Crippen LogP contribution in [0.25, 0.3) is 0 Å². The number of likely N-dealkylation sites (tertiary alicyclic amines) is 1. The number of amides is 1. The number of hydrogen-bond donors (Lipinski definition) is 1. The molecule has 1 atom stereocenters. The lowest BCUT2D eigenvalue weighted by atomic mass is 10.1. The summed E-state index contributed by atoms with van der Waals surface area (Å²) < 4.78 is 0. The van der Waals surface area contributed by atoms with Crippen LogP contribution in [0.5, 0.6) is 0 Å². The molecule has 1 aliphatic heterocycles. The number of carboxylic acids is 1. The summed E-state index contributed by atoms with van der Waals surface area (Å²) in [5.41, 5.74) is 0.315. The van der Waals surface area contributed by atoms with Crippen molar-refractivity contribution in [1.29, 1.82) is 0 Å². The van der Waals surface area contributed by atoms with Crippen LogP contribution in [-0.2, 0) is 4.79 Å². The third-order valence-electron chi connectivity index (χ3n) is 3.01. The van der Waals surface area contributed by atoms with Crippen molar-refractivity contribution in [2.75, 3.05) is 13.1 Å². The van der Waals surface area contributed by atoms with Gasteiger partial charge in [0.2, 0.25) is 0 Å². The molecule has 1 aromatic rings. The predicted octanol–water partition coefficient (Wildman–Crippen LogP) is 2.96. The van der Waals surface area contributed by atoms with Gasteiger partial charge in [0.05, 0.1) is 21.5 Å². The highest BCUT2D eigenvalue weighted by Gasteiger charge is 2.32. The summed E-state index contributed by atoms with van der Waals surface area (Å²) in [6.07, 6.45) is 0.471. The Balaban J connectivity index is 0.00000180. The van der Waals surface area contributed by atoms with E-state index in [2.05, 4.69) is 0 Å². The maximum atomic E-state index is 12.2. The Bertz CT molecular complexity index is 507. The van der Waals surface area contributed by atoms with E-state index in [1.165, 1.54) is 4.90 Å². The monoisotopic (exact) mass is 323 g/mol. The van der Waals surface area contributed by atoms with E-state index in [-0.39, 0.29) is 29.9 Å². The molecule has 0 radical (unpaired) electrons. The van der Waals surface area contributed by atoms with Gasteiger partial charge in [-0.15, -0.1) is 12.4 Å². The average molecular weight is 325 g/mol. The normalized spacial score (nSPS) is 18.0. The zero-order valence-corrected chi connectivity index (χ0v) is 12.1. The van der Waals surface area contributed by atoms with Crippen molar-refractivity contribution in [3.8, 4) is 0 Å². The molecular weight excluding hydrogens is 312 g/mol. The van der Waals surface area contributed by atoms with E-state index in [9.17, 15) is 9.59 Å². The summed E-state index contributed by atoms with van der Waals surface area (Å²) in [6.45, 7) is 0.648. The molecule has 1 saturated heterocycles. The van der Waals surface area contributed by atoms with E-state index in [1.54, 1.807) is 18.2 Å². The third kappa shape index (κ3) is 3.32. The minimum Gasteiger partial charge on any atom is -0.481 e. The first-order valence-corrected chi connectivity index (χ1v) is 6.22. The smallest absolute Gasteiger partial charge is 0.308 e. The zero-order valence-electron chi connectivity index (χ0n) is 9.81. The van der Waals surface area contributed by atoms with Crippen LogP contribution in [0.4, 0.5) is 0 Å². The van der Waals surface area contributed by atoms with Crippen LogP contribution < -0.4 is 0 Å². The number of benzene rings is 1.